The standard InChI is InChI=1S/C16H10BrClN2O/c17-13-7-3-4-8-14(13)20-16(21)12-9-19-15(18)11-6-2-1-5-10(11)12/h1-9H,(H,20,21). The Bertz CT molecular complexity index is 835. The Hall–Kier alpha value is -1.91. The summed E-state index contributed by atoms with van der Waals surface area (Å²) in [5, 5.41) is 4.80. The number of halogens is 2. The van der Waals surface area contributed by atoms with Gasteiger partial charge in [-0.05, 0) is 33.4 Å². The second kappa shape index (κ2) is 5.84. The number of para-hydroxylation sites is 1. The van der Waals surface area contributed by atoms with Crippen LogP contribution < -0.4 is 5.32 Å². The lowest BCUT2D eigenvalue weighted by Crippen LogP contribution is -2.13. The Morgan fingerprint density at radius 2 is 1.71 bits per heavy atom. The quantitative estimate of drug-likeness (QED) is 0.659. The summed E-state index contributed by atoms with van der Waals surface area (Å²) in [5.41, 5.74) is 1.20. The van der Waals surface area contributed by atoms with Gasteiger partial charge >= 0.3 is 0 Å². The maximum absolute atomic E-state index is 12.5. The fourth-order valence-electron chi connectivity index (χ4n) is 2.09. The maximum atomic E-state index is 12.5. The highest BCUT2D eigenvalue weighted by Gasteiger charge is 2.13. The molecule has 1 heterocycles. The number of hydrogen-bond acceptors (Lipinski definition) is 2. The number of fused-ring (bicyclic) bond motifs is 1. The molecule has 104 valence electrons. The van der Waals surface area contributed by atoms with Gasteiger partial charge in [0.05, 0.1) is 11.3 Å². The van der Waals surface area contributed by atoms with E-state index in [1.165, 1.54) is 6.20 Å². The van der Waals surface area contributed by atoms with E-state index in [0.717, 1.165) is 15.2 Å². The van der Waals surface area contributed by atoms with Gasteiger partial charge in [0.15, 0.2) is 0 Å². The van der Waals surface area contributed by atoms with Gasteiger partial charge in [-0.3, -0.25) is 4.79 Å². The summed E-state index contributed by atoms with van der Waals surface area (Å²) >= 11 is 9.48. The predicted molar refractivity (Wildman–Crippen MR) is 88.8 cm³/mol. The number of carbonyl (C=O) groups excluding carboxylic acids is 1. The van der Waals surface area contributed by atoms with Crippen molar-refractivity contribution in [1.29, 1.82) is 0 Å². The van der Waals surface area contributed by atoms with E-state index in [4.69, 9.17) is 11.6 Å². The number of nitrogens with zero attached hydrogens (tertiary/aromatic N) is 1. The second-order valence-corrected chi connectivity index (χ2v) is 5.65. The molecule has 2 aromatic carbocycles. The minimum atomic E-state index is -0.220. The second-order valence-electron chi connectivity index (χ2n) is 4.44. The Morgan fingerprint density at radius 3 is 2.48 bits per heavy atom. The van der Waals surface area contributed by atoms with Gasteiger partial charge in [-0.15, -0.1) is 0 Å². The van der Waals surface area contributed by atoms with Crippen molar-refractivity contribution >= 4 is 49.9 Å². The molecule has 0 fully saturated rings. The fraction of sp³-hybridized carbons (Fsp3) is 0. The lowest BCUT2D eigenvalue weighted by atomic mass is 10.1. The van der Waals surface area contributed by atoms with Crippen LogP contribution in [0, 0.1) is 0 Å². The van der Waals surface area contributed by atoms with E-state index in [2.05, 4.69) is 26.2 Å². The molecule has 0 bridgehead atoms. The van der Waals surface area contributed by atoms with Crippen molar-refractivity contribution in [2.75, 3.05) is 5.32 Å². The average Bonchev–Trinajstić information content (AvgIpc) is 2.50. The molecular weight excluding hydrogens is 352 g/mol. The fourth-order valence-corrected chi connectivity index (χ4v) is 2.69. The van der Waals surface area contributed by atoms with Gasteiger partial charge < -0.3 is 5.32 Å². The van der Waals surface area contributed by atoms with Crippen molar-refractivity contribution in [2.45, 2.75) is 0 Å². The molecule has 3 aromatic rings. The van der Waals surface area contributed by atoms with Crippen LogP contribution >= 0.6 is 27.5 Å². The zero-order valence-electron chi connectivity index (χ0n) is 10.8. The van der Waals surface area contributed by atoms with Crippen molar-refractivity contribution in [2.24, 2.45) is 0 Å². The average molecular weight is 362 g/mol. The molecule has 5 heteroatoms. The summed E-state index contributed by atoms with van der Waals surface area (Å²) in [7, 11) is 0. The van der Waals surface area contributed by atoms with E-state index in [1.54, 1.807) is 0 Å². The minimum absolute atomic E-state index is 0.220. The molecule has 0 spiro atoms. The summed E-state index contributed by atoms with van der Waals surface area (Å²) in [6.07, 6.45) is 1.50. The first-order valence-corrected chi connectivity index (χ1v) is 7.43. The molecule has 1 aromatic heterocycles. The molecule has 0 saturated carbocycles. The monoisotopic (exact) mass is 360 g/mol. The summed E-state index contributed by atoms with van der Waals surface area (Å²) in [5.74, 6) is -0.220. The maximum Gasteiger partial charge on any atom is 0.257 e. The van der Waals surface area contributed by atoms with Gasteiger partial charge in [0.25, 0.3) is 5.91 Å². The van der Waals surface area contributed by atoms with Gasteiger partial charge in [-0.2, -0.15) is 0 Å². The number of amides is 1. The number of benzene rings is 2. The number of hydrogen-bond donors (Lipinski definition) is 1. The highest BCUT2D eigenvalue weighted by molar-refractivity contribution is 9.10. The lowest BCUT2D eigenvalue weighted by molar-refractivity contribution is 0.102. The van der Waals surface area contributed by atoms with Crippen molar-refractivity contribution < 1.29 is 4.79 Å². The predicted octanol–water partition coefficient (Wildman–Crippen LogP) is 4.90. The molecular formula is C16H10BrClN2O. The van der Waals surface area contributed by atoms with Crippen LogP contribution in [0.15, 0.2) is 59.2 Å². The van der Waals surface area contributed by atoms with E-state index in [1.807, 2.05) is 48.5 Å². The molecule has 1 N–H and O–H groups in total. The van der Waals surface area contributed by atoms with Crippen molar-refractivity contribution in [3.05, 3.63) is 69.9 Å². The van der Waals surface area contributed by atoms with Crippen LogP contribution in [0.3, 0.4) is 0 Å². The molecule has 0 radical (unpaired) electrons. The lowest BCUT2D eigenvalue weighted by Gasteiger charge is -2.09. The molecule has 21 heavy (non-hydrogen) atoms. The van der Waals surface area contributed by atoms with Gasteiger partial charge in [0, 0.05) is 16.1 Å². The number of carbonyl (C=O) groups is 1. The molecule has 0 aliphatic rings. The van der Waals surface area contributed by atoms with Crippen LogP contribution in [-0.4, -0.2) is 10.9 Å². The van der Waals surface area contributed by atoms with Gasteiger partial charge in [-0.25, -0.2) is 4.98 Å². The smallest absolute Gasteiger partial charge is 0.257 e. The molecule has 3 rings (SSSR count). The largest absolute Gasteiger partial charge is 0.321 e. The summed E-state index contributed by atoms with van der Waals surface area (Å²) in [6, 6.07) is 14.9. The van der Waals surface area contributed by atoms with Crippen molar-refractivity contribution in [3.8, 4) is 0 Å². The SMILES string of the molecule is O=C(Nc1ccccc1Br)c1cnc(Cl)c2ccccc12. The third kappa shape index (κ3) is 2.77. The van der Waals surface area contributed by atoms with E-state index >= 15 is 0 Å². The van der Waals surface area contributed by atoms with Crippen LogP contribution in [0.1, 0.15) is 10.4 Å². The molecule has 0 unspecified atom stereocenters. The van der Waals surface area contributed by atoms with Crippen molar-refractivity contribution in [1.82, 2.24) is 4.98 Å². The van der Waals surface area contributed by atoms with Crippen LogP contribution in [-0.2, 0) is 0 Å². The Balaban J connectivity index is 2.03. The number of anilines is 1. The molecule has 3 nitrogen and oxygen atoms in total. The van der Waals surface area contributed by atoms with E-state index < -0.39 is 0 Å². The Kier molecular flexibility index (Phi) is 3.90. The number of rotatable bonds is 2. The van der Waals surface area contributed by atoms with Gasteiger partial charge in [0.1, 0.15) is 5.15 Å². The van der Waals surface area contributed by atoms with Crippen LogP contribution in [0.5, 0.6) is 0 Å². The zero-order valence-corrected chi connectivity index (χ0v) is 13.1. The van der Waals surface area contributed by atoms with Crippen molar-refractivity contribution in [3.63, 3.8) is 0 Å². The first kappa shape index (κ1) is 14.0. The first-order chi connectivity index (χ1) is 10.2. The highest BCUT2D eigenvalue weighted by Crippen LogP contribution is 2.26. The molecule has 1 amide bonds. The number of pyridine rings is 1. The summed E-state index contributed by atoms with van der Waals surface area (Å²) in [4.78, 5) is 16.6. The van der Waals surface area contributed by atoms with Crippen LogP contribution in [0.4, 0.5) is 5.69 Å². The topological polar surface area (TPSA) is 42.0 Å². The van der Waals surface area contributed by atoms with Gasteiger partial charge in [-0.1, -0.05) is 48.0 Å². The van der Waals surface area contributed by atoms with Crippen LogP contribution in [0.25, 0.3) is 10.8 Å². The normalized spacial score (nSPS) is 10.6. The first-order valence-electron chi connectivity index (χ1n) is 6.26. The Labute approximate surface area is 135 Å². The van der Waals surface area contributed by atoms with Crippen LogP contribution in [0.2, 0.25) is 5.15 Å². The third-order valence-corrected chi connectivity index (χ3v) is 4.11. The van der Waals surface area contributed by atoms with Gasteiger partial charge in [0.2, 0.25) is 0 Å². The number of nitrogens with one attached hydrogen (secondary N) is 1. The molecule has 0 aliphatic heterocycles. The number of aromatic nitrogens is 1. The minimum Gasteiger partial charge on any atom is -0.321 e. The van der Waals surface area contributed by atoms with E-state index in [0.29, 0.717) is 16.4 Å². The van der Waals surface area contributed by atoms with E-state index in [-0.39, 0.29) is 5.91 Å². The summed E-state index contributed by atoms with van der Waals surface area (Å²) in [6.45, 7) is 0. The zero-order chi connectivity index (χ0) is 14.8. The third-order valence-electron chi connectivity index (χ3n) is 3.11. The van der Waals surface area contributed by atoms with E-state index in [9.17, 15) is 4.79 Å². The molecule has 0 atom stereocenters. The molecule has 0 saturated heterocycles. The Morgan fingerprint density at radius 1 is 1.05 bits per heavy atom. The summed E-state index contributed by atoms with van der Waals surface area (Å²) < 4.78 is 0.824. The highest BCUT2D eigenvalue weighted by atomic mass is 79.9. The molecule has 0 aliphatic carbocycles.